The van der Waals surface area contributed by atoms with Crippen LogP contribution in [0.5, 0.6) is 5.75 Å². The fourth-order valence-electron chi connectivity index (χ4n) is 5.45. The van der Waals surface area contributed by atoms with Gasteiger partial charge in [-0.15, -0.1) is 0 Å². The lowest BCUT2D eigenvalue weighted by molar-refractivity contribution is 0.0657. The molecule has 2 N–H and O–H groups in total. The number of hydrogen-bond donors (Lipinski definition) is 2. The molecule has 0 aliphatic carbocycles. The van der Waals surface area contributed by atoms with E-state index in [4.69, 9.17) is 4.74 Å². The van der Waals surface area contributed by atoms with Gasteiger partial charge in [0, 0.05) is 39.1 Å². The van der Waals surface area contributed by atoms with Gasteiger partial charge in [0.05, 0.1) is 29.3 Å². The van der Waals surface area contributed by atoms with Gasteiger partial charge in [-0.25, -0.2) is 0 Å². The van der Waals surface area contributed by atoms with Crippen LogP contribution < -0.4 is 4.74 Å². The number of para-hydroxylation sites is 2. The summed E-state index contributed by atoms with van der Waals surface area (Å²) in [6, 6.07) is 23.6. The second kappa shape index (κ2) is 7.21. The van der Waals surface area contributed by atoms with Crippen LogP contribution in [0.2, 0.25) is 0 Å². The molecule has 0 bridgehead atoms. The molecule has 0 saturated heterocycles. The van der Waals surface area contributed by atoms with Gasteiger partial charge >= 0.3 is 0 Å². The van der Waals surface area contributed by atoms with Gasteiger partial charge in [-0.05, 0) is 36.2 Å². The highest BCUT2D eigenvalue weighted by molar-refractivity contribution is 6.39. The quantitative estimate of drug-likeness (QED) is 0.327. The van der Waals surface area contributed by atoms with E-state index in [2.05, 4.69) is 9.97 Å². The number of imide groups is 1. The van der Waals surface area contributed by atoms with E-state index in [1.165, 1.54) is 4.90 Å². The molecular weight excluding hydrogens is 438 g/mol. The molecule has 7 rings (SSSR count). The second-order valence-electron chi connectivity index (χ2n) is 8.95. The van der Waals surface area contributed by atoms with Crippen LogP contribution >= 0.6 is 0 Å². The molecule has 4 aromatic carbocycles. The third-order valence-electron chi connectivity index (χ3n) is 7.11. The molecule has 1 aliphatic rings. The van der Waals surface area contributed by atoms with Crippen LogP contribution in [0.15, 0.2) is 72.8 Å². The predicted octanol–water partition coefficient (Wildman–Crippen LogP) is 5.80. The van der Waals surface area contributed by atoms with Gasteiger partial charge in [-0.1, -0.05) is 48.5 Å². The molecule has 0 unspecified atom stereocenters. The Bertz CT molecular complexity index is 1720. The number of methoxy groups -OCH3 is 1. The molecule has 0 radical (unpaired) electrons. The van der Waals surface area contributed by atoms with Crippen LogP contribution in [-0.4, -0.2) is 40.3 Å². The van der Waals surface area contributed by atoms with Gasteiger partial charge in [0.15, 0.2) is 0 Å². The lowest BCUT2D eigenvalue weighted by Gasteiger charge is -2.14. The highest BCUT2D eigenvalue weighted by Gasteiger charge is 2.40. The minimum atomic E-state index is -0.236. The largest absolute Gasteiger partial charge is 0.497 e. The molecule has 35 heavy (non-hydrogen) atoms. The molecule has 170 valence electrons. The number of ether oxygens (including phenoxy) is 1. The zero-order valence-corrected chi connectivity index (χ0v) is 19.0. The fraction of sp³-hybridized carbons (Fsp3) is 0.103. The van der Waals surface area contributed by atoms with E-state index in [1.807, 2.05) is 72.8 Å². The molecule has 6 nitrogen and oxygen atoms in total. The summed E-state index contributed by atoms with van der Waals surface area (Å²) in [7, 11) is 1.63. The van der Waals surface area contributed by atoms with E-state index in [0.717, 1.165) is 54.9 Å². The first-order chi connectivity index (χ1) is 17.2. The molecule has 0 saturated carbocycles. The molecule has 6 heteroatoms. The number of nitrogens with one attached hydrogen (secondary N) is 2. The van der Waals surface area contributed by atoms with Crippen molar-refractivity contribution < 1.29 is 14.3 Å². The Balaban J connectivity index is 1.45. The Morgan fingerprint density at radius 1 is 0.714 bits per heavy atom. The van der Waals surface area contributed by atoms with Crippen molar-refractivity contribution in [1.82, 2.24) is 14.9 Å². The normalized spacial score (nSPS) is 13.6. The molecule has 0 atom stereocenters. The fourth-order valence-corrected chi connectivity index (χ4v) is 5.45. The van der Waals surface area contributed by atoms with E-state index in [9.17, 15) is 9.59 Å². The van der Waals surface area contributed by atoms with Crippen LogP contribution in [-0.2, 0) is 6.42 Å². The van der Waals surface area contributed by atoms with Crippen molar-refractivity contribution in [1.29, 1.82) is 0 Å². The maximum Gasteiger partial charge on any atom is 0.262 e. The van der Waals surface area contributed by atoms with E-state index in [0.29, 0.717) is 24.1 Å². The molecular formula is C29H21N3O3. The van der Waals surface area contributed by atoms with Crippen molar-refractivity contribution in [3.63, 3.8) is 0 Å². The average molecular weight is 460 g/mol. The van der Waals surface area contributed by atoms with Gasteiger partial charge in [-0.3, -0.25) is 14.5 Å². The van der Waals surface area contributed by atoms with Gasteiger partial charge in [0.1, 0.15) is 5.75 Å². The summed E-state index contributed by atoms with van der Waals surface area (Å²) in [5.74, 6) is 0.304. The summed E-state index contributed by atoms with van der Waals surface area (Å²) in [5.41, 5.74) is 5.62. The third kappa shape index (κ3) is 2.71. The molecule has 6 aromatic rings. The first-order valence-corrected chi connectivity index (χ1v) is 11.6. The van der Waals surface area contributed by atoms with Crippen LogP contribution in [0.3, 0.4) is 0 Å². The number of hydrogen-bond acceptors (Lipinski definition) is 3. The molecule has 2 aromatic heterocycles. The topological polar surface area (TPSA) is 78.2 Å². The van der Waals surface area contributed by atoms with Crippen LogP contribution in [0.25, 0.3) is 43.6 Å². The average Bonchev–Trinajstić information content (AvgIpc) is 3.53. The Morgan fingerprint density at radius 3 is 1.74 bits per heavy atom. The highest BCUT2D eigenvalue weighted by atomic mass is 16.5. The number of fused-ring (bicyclic) bond motifs is 10. The number of H-pyrrole nitrogens is 2. The van der Waals surface area contributed by atoms with Crippen molar-refractivity contribution in [2.24, 2.45) is 0 Å². The number of carbonyl (C=O) groups is 2. The Morgan fingerprint density at radius 2 is 1.23 bits per heavy atom. The molecule has 1 aliphatic heterocycles. The number of benzene rings is 4. The van der Waals surface area contributed by atoms with Crippen LogP contribution in [0, 0.1) is 0 Å². The zero-order chi connectivity index (χ0) is 23.7. The maximum atomic E-state index is 13.8. The SMILES string of the molecule is COc1ccc(CCN2C(=O)c3c(c4c5ccccc5[nH]c4c4[nH]c5ccccc5c34)C2=O)cc1. The van der Waals surface area contributed by atoms with Crippen molar-refractivity contribution >= 4 is 55.4 Å². The minimum absolute atomic E-state index is 0.236. The van der Waals surface area contributed by atoms with Crippen LogP contribution in [0.1, 0.15) is 26.3 Å². The van der Waals surface area contributed by atoms with E-state index < -0.39 is 0 Å². The lowest BCUT2D eigenvalue weighted by Crippen LogP contribution is -2.31. The van der Waals surface area contributed by atoms with Gasteiger partial charge in [0.2, 0.25) is 0 Å². The Labute approximate surface area is 200 Å². The van der Waals surface area contributed by atoms with Crippen molar-refractivity contribution in [2.75, 3.05) is 13.7 Å². The smallest absolute Gasteiger partial charge is 0.262 e. The number of nitrogens with zero attached hydrogens (tertiary/aromatic N) is 1. The standard InChI is InChI=1S/C29H21N3O3/c1-35-17-12-10-16(11-13-17)14-15-32-28(33)24-22-18-6-2-4-8-20(18)30-26(22)27-23(25(24)29(32)34)19-7-3-5-9-21(19)31-27/h2-13,30-31H,14-15H2,1H3. The molecule has 2 amide bonds. The lowest BCUT2D eigenvalue weighted by atomic mass is 9.97. The van der Waals surface area contributed by atoms with Crippen molar-refractivity contribution in [2.45, 2.75) is 6.42 Å². The summed E-state index contributed by atoms with van der Waals surface area (Å²) in [6.45, 7) is 0.312. The predicted molar refractivity (Wildman–Crippen MR) is 137 cm³/mol. The van der Waals surface area contributed by atoms with Crippen LogP contribution in [0.4, 0.5) is 0 Å². The van der Waals surface area contributed by atoms with Crippen molar-refractivity contribution in [3.8, 4) is 5.75 Å². The maximum absolute atomic E-state index is 13.8. The van der Waals surface area contributed by atoms with E-state index in [-0.39, 0.29) is 11.8 Å². The number of rotatable bonds is 4. The number of amides is 2. The third-order valence-corrected chi connectivity index (χ3v) is 7.11. The first kappa shape index (κ1) is 19.9. The van der Waals surface area contributed by atoms with E-state index >= 15 is 0 Å². The number of aromatic nitrogens is 2. The summed E-state index contributed by atoms with van der Waals surface area (Å²) in [5, 5.41) is 3.50. The summed E-state index contributed by atoms with van der Waals surface area (Å²) >= 11 is 0. The van der Waals surface area contributed by atoms with Gasteiger partial charge in [-0.2, -0.15) is 0 Å². The Kier molecular flexibility index (Phi) is 4.09. The van der Waals surface area contributed by atoms with Gasteiger partial charge < -0.3 is 14.7 Å². The van der Waals surface area contributed by atoms with Gasteiger partial charge in [0.25, 0.3) is 11.8 Å². The zero-order valence-electron chi connectivity index (χ0n) is 19.0. The molecule has 3 heterocycles. The van der Waals surface area contributed by atoms with E-state index in [1.54, 1.807) is 7.11 Å². The minimum Gasteiger partial charge on any atom is -0.497 e. The number of aromatic amines is 2. The summed E-state index contributed by atoms with van der Waals surface area (Å²) in [6.07, 6.45) is 0.573. The molecule has 0 spiro atoms. The summed E-state index contributed by atoms with van der Waals surface area (Å²) < 4.78 is 5.24. The number of carbonyl (C=O) groups excluding carboxylic acids is 2. The summed E-state index contributed by atoms with van der Waals surface area (Å²) in [4.78, 5) is 36.1. The second-order valence-corrected chi connectivity index (χ2v) is 8.95. The Hall–Kier alpha value is -4.58. The first-order valence-electron chi connectivity index (χ1n) is 11.6. The molecule has 0 fully saturated rings. The van der Waals surface area contributed by atoms with Crippen molar-refractivity contribution in [3.05, 3.63) is 89.5 Å². The monoisotopic (exact) mass is 459 g/mol. The highest BCUT2D eigenvalue weighted by Crippen LogP contribution is 2.43.